The summed E-state index contributed by atoms with van der Waals surface area (Å²) in [7, 11) is 1.75. The normalized spacial score (nSPS) is 10.7. The van der Waals surface area contributed by atoms with E-state index in [2.05, 4.69) is 10.5 Å². The molecule has 0 spiro atoms. The summed E-state index contributed by atoms with van der Waals surface area (Å²) < 4.78 is 11.5. The molecule has 0 bridgehead atoms. The minimum atomic E-state index is 0.435. The predicted molar refractivity (Wildman–Crippen MR) is 90.0 cm³/mol. The summed E-state index contributed by atoms with van der Waals surface area (Å²) in [4.78, 5) is 0. The number of hydrogen-bond acceptors (Lipinski definition) is 4. The van der Waals surface area contributed by atoms with Crippen LogP contribution in [0.15, 0.2) is 47.6 Å². The van der Waals surface area contributed by atoms with Crippen molar-refractivity contribution in [1.82, 2.24) is 5.43 Å². The maximum Gasteiger partial charge on any atom is 0.161 e. The van der Waals surface area contributed by atoms with Gasteiger partial charge in [-0.3, -0.25) is 0 Å². The molecule has 0 aromatic heterocycles. The summed E-state index contributed by atoms with van der Waals surface area (Å²) in [5.74, 6) is 1.40. The third-order valence-corrected chi connectivity index (χ3v) is 3.13. The summed E-state index contributed by atoms with van der Waals surface area (Å²) in [6, 6.07) is 13.3. The Balaban J connectivity index is 2.13. The molecule has 116 valence electrons. The van der Waals surface area contributed by atoms with Gasteiger partial charge in [0.15, 0.2) is 11.5 Å². The van der Waals surface area contributed by atoms with Crippen LogP contribution in [0, 0.1) is 0 Å². The lowest BCUT2D eigenvalue weighted by Gasteiger charge is -2.12. The Hall–Kier alpha value is -2.20. The summed E-state index contributed by atoms with van der Waals surface area (Å²) in [6.45, 7) is 2.94. The molecule has 2 aromatic rings. The number of hydrogen-bond donors (Lipinski definition) is 1. The monoisotopic (exact) mass is 318 g/mol. The van der Waals surface area contributed by atoms with Crippen molar-refractivity contribution in [2.45, 2.75) is 13.5 Å². The van der Waals surface area contributed by atoms with Crippen molar-refractivity contribution in [3.63, 3.8) is 0 Å². The molecule has 0 amide bonds. The van der Waals surface area contributed by atoms with E-state index in [-0.39, 0.29) is 0 Å². The molecule has 22 heavy (non-hydrogen) atoms. The fourth-order valence-electron chi connectivity index (χ4n) is 1.92. The van der Waals surface area contributed by atoms with Gasteiger partial charge >= 0.3 is 0 Å². The molecular weight excluding hydrogens is 300 g/mol. The van der Waals surface area contributed by atoms with Crippen LogP contribution in [0.4, 0.5) is 0 Å². The van der Waals surface area contributed by atoms with Crippen LogP contribution in [0.25, 0.3) is 0 Å². The van der Waals surface area contributed by atoms with E-state index in [4.69, 9.17) is 21.1 Å². The van der Waals surface area contributed by atoms with Gasteiger partial charge in [-0.25, -0.2) is 0 Å². The van der Waals surface area contributed by atoms with E-state index < -0.39 is 0 Å². The summed E-state index contributed by atoms with van der Waals surface area (Å²) in [5.41, 5.74) is 4.67. The lowest BCUT2D eigenvalue weighted by atomic mass is 10.2. The summed E-state index contributed by atoms with van der Waals surface area (Å²) in [5, 5.41) is 4.69. The first kappa shape index (κ1) is 16.2. The molecule has 4 nitrogen and oxygen atoms in total. The van der Waals surface area contributed by atoms with Crippen LogP contribution in [0.1, 0.15) is 18.1 Å². The minimum absolute atomic E-state index is 0.435. The third kappa shape index (κ3) is 4.67. The first-order valence-electron chi connectivity index (χ1n) is 7.07. The topological polar surface area (TPSA) is 42.8 Å². The van der Waals surface area contributed by atoms with E-state index >= 15 is 0 Å². The Kier molecular flexibility index (Phi) is 6.10. The van der Waals surface area contributed by atoms with Gasteiger partial charge in [-0.2, -0.15) is 5.10 Å². The Bertz CT molecular complexity index is 644. The molecule has 2 rings (SSSR count). The zero-order valence-corrected chi connectivity index (χ0v) is 13.4. The first-order chi connectivity index (χ1) is 10.7. The van der Waals surface area contributed by atoms with Crippen molar-refractivity contribution in [2.24, 2.45) is 5.10 Å². The molecule has 2 aromatic carbocycles. The summed E-state index contributed by atoms with van der Waals surface area (Å²) in [6.07, 6.45) is 1.73. The number of benzene rings is 2. The first-order valence-corrected chi connectivity index (χ1v) is 7.44. The molecule has 0 heterocycles. The van der Waals surface area contributed by atoms with Gasteiger partial charge in [0, 0.05) is 12.1 Å². The molecule has 0 aliphatic rings. The molecule has 0 atom stereocenters. The zero-order chi connectivity index (χ0) is 15.8. The van der Waals surface area contributed by atoms with Crippen molar-refractivity contribution in [3.8, 4) is 11.5 Å². The number of ether oxygens (including phenoxy) is 2. The van der Waals surface area contributed by atoms with Gasteiger partial charge in [-0.05, 0) is 48.4 Å². The fourth-order valence-corrected chi connectivity index (χ4v) is 2.13. The summed E-state index contributed by atoms with van der Waals surface area (Å²) >= 11 is 5.98. The van der Waals surface area contributed by atoms with Crippen LogP contribution in [-0.2, 0) is 6.61 Å². The van der Waals surface area contributed by atoms with Crippen molar-refractivity contribution < 1.29 is 9.47 Å². The van der Waals surface area contributed by atoms with Crippen LogP contribution in [0.5, 0.6) is 11.5 Å². The van der Waals surface area contributed by atoms with Gasteiger partial charge < -0.3 is 14.9 Å². The van der Waals surface area contributed by atoms with Crippen molar-refractivity contribution >= 4 is 17.8 Å². The quantitative estimate of drug-likeness (QED) is 0.622. The van der Waals surface area contributed by atoms with Gasteiger partial charge in [0.2, 0.25) is 0 Å². The number of nitrogens with one attached hydrogen (secondary N) is 1. The number of halogens is 1. The van der Waals surface area contributed by atoms with Gasteiger partial charge in [0.25, 0.3) is 0 Å². The smallest absolute Gasteiger partial charge is 0.161 e. The molecule has 0 radical (unpaired) electrons. The van der Waals surface area contributed by atoms with Crippen LogP contribution in [0.3, 0.4) is 0 Å². The Morgan fingerprint density at radius 1 is 1.14 bits per heavy atom. The van der Waals surface area contributed by atoms with Crippen molar-refractivity contribution in [2.75, 3.05) is 13.7 Å². The van der Waals surface area contributed by atoms with Gasteiger partial charge in [-0.1, -0.05) is 23.7 Å². The van der Waals surface area contributed by atoms with Gasteiger partial charge in [-0.15, -0.1) is 0 Å². The van der Waals surface area contributed by atoms with Gasteiger partial charge in [0.05, 0.1) is 12.8 Å². The second-order valence-electron chi connectivity index (χ2n) is 4.54. The highest BCUT2D eigenvalue weighted by atomic mass is 35.5. The fraction of sp³-hybridized carbons (Fsp3) is 0.235. The van der Waals surface area contributed by atoms with Crippen LogP contribution in [-0.4, -0.2) is 19.9 Å². The average molecular weight is 319 g/mol. The van der Waals surface area contributed by atoms with E-state index in [1.54, 1.807) is 13.3 Å². The molecule has 0 aliphatic carbocycles. The maximum atomic E-state index is 5.98. The number of nitrogens with zero attached hydrogens (tertiary/aromatic N) is 1. The van der Waals surface area contributed by atoms with E-state index in [0.29, 0.717) is 29.7 Å². The molecular formula is C17H19ClN2O2. The molecule has 5 heteroatoms. The molecule has 0 unspecified atom stereocenters. The van der Waals surface area contributed by atoms with Crippen molar-refractivity contribution in [3.05, 3.63) is 58.6 Å². The molecule has 0 saturated carbocycles. The van der Waals surface area contributed by atoms with E-state index in [1.165, 1.54) is 0 Å². The van der Waals surface area contributed by atoms with Crippen molar-refractivity contribution in [1.29, 1.82) is 0 Å². The molecule has 1 N–H and O–H groups in total. The lowest BCUT2D eigenvalue weighted by Crippen LogP contribution is -2.01. The highest BCUT2D eigenvalue weighted by molar-refractivity contribution is 6.30. The SMILES string of the molecule is CCOc1cc(/C=N/NC)ccc1OCc1cccc(Cl)c1. The number of rotatable bonds is 7. The predicted octanol–water partition coefficient (Wildman–Crippen LogP) is 3.87. The second-order valence-corrected chi connectivity index (χ2v) is 4.98. The van der Waals surface area contributed by atoms with Crippen LogP contribution < -0.4 is 14.9 Å². The highest BCUT2D eigenvalue weighted by Gasteiger charge is 2.06. The lowest BCUT2D eigenvalue weighted by molar-refractivity contribution is 0.269. The Labute approximate surface area is 135 Å². The third-order valence-electron chi connectivity index (χ3n) is 2.89. The van der Waals surface area contributed by atoms with E-state index in [1.807, 2.05) is 49.4 Å². The zero-order valence-electron chi connectivity index (χ0n) is 12.7. The minimum Gasteiger partial charge on any atom is -0.490 e. The highest BCUT2D eigenvalue weighted by Crippen LogP contribution is 2.29. The Morgan fingerprint density at radius 2 is 2.00 bits per heavy atom. The second kappa shape index (κ2) is 8.29. The standard InChI is InChI=1S/C17H19ClN2O2/c1-3-21-17-10-13(11-20-19-2)7-8-16(17)22-12-14-5-4-6-15(18)9-14/h4-11,19H,3,12H2,1-2H3/b20-11+. The maximum absolute atomic E-state index is 5.98. The number of hydrazone groups is 1. The van der Waals surface area contributed by atoms with Crippen LogP contribution >= 0.6 is 11.6 Å². The largest absolute Gasteiger partial charge is 0.490 e. The van der Waals surface area contributed by atoms with E-state index in [9.17, 15) is 0 Å². The molecule has 0 fully saturated rings. The van der Waals surface area contributed by atoms with E-state index in [0.717, 1.165) is 11.1 Å². The molecule has 0 aliphatic heterocycles. The average Bonchev–Trinajstić information content (AvgIpc) is 2.52. The van der Waals surface area contributed by atoms with Crippen LogP contribution in [0.2, 0.25) is 5.02 Å². The molecule has 0 saturated heterocycles. The van der Waals surface area contributed by atoms with Gasteiger partial charge in [0.1, 0.15) is 6.61 Å². The Morgan fingerprint density at radius 3 is 2.73 bits per heavy atom.